The molecule has 2 amide bonds. The molecule has 1 aliphatic rings. The van der Waals surface area contributed by atoms with Crippen molar-refractivity contribution >= 4 is 40.9 Å². The number of carboxylic acids is 1. The van der Waals surface area contributed by atoms with Crippen molar-refractivity contribution in [2.45, 2.75) is 45.4 Å². The van der Waals surface area contributed by atoms with Crippen LogP contribution < -0.4 is 10.5 Å². The van der Waals surface area contributed by atoms with Crippen LogP contribution in [0.3, 0.4) is 0 Å². The first-order chi connectivity index (χ1) is 19.1. The molecule has 2 aromatic rings. The second-order valence-corrected chi connectivity index (χ2v) is 10.3. The molecule has 2 atom stereocenters. The molecule has 0 spiro atoms. The van der Waals surface area contributed by atoms with Crippen LogP contribution in [0, 0.1) is 5.92 Å². The van der Waals surface area contributed by atoms with E-state index < -0.39 is 11.9 Å². The van der Waals surface area contributed by atoms with Crippen molar-refractivity contribution in [3.8, 4) is 5.75 Å². The molecule has 3 N–H and O–H groups in total. The summed E-state index contributed by atoms with van der Waals surface area (Å²) in [6.45, 7) is 4.43. The molecule has 2 aromatic carbocycles. The van der Waals surface area contributed by atoms with Crippen molar-refractivity contribution in [3.63, 3.8) is 0 Å². The standard InChI is InChI=1S/C29H37ClN4O6/c1-5-7-18(19-8-10-23(29(37)38)24(31)14-19)15-27(35)34-17-26(32-40-6-2)33(3)16-21(28(34)36)12-20-13-22(30)9-11-25(20)39-4/h8-11,13-14,18,21H,5-7,12,15-17,31H2,1-4H3,(H,37,38)/b32-26-/t18-,21?/m0/s1. The number of carbonyl (C=O) groups excluding carboxylic acids is 2. The summed E-state index contributed by atoms with van der Waals surface area (Å²) in [6, 6.07) is 9.98. The summed E-state index contributed by atoms with van der Waals surface area (Å²) < 4.78 is 5.49. The number of benzene rings is 2. The zero-order chi connectivity index (χ0) is 29.4. The monoisotopic (exact) mass is 572 g/mol. The molecule has 216 valence electrons. The second kappa shape index (κ2) is 14.0. The summed E-state index contributed by atoms with van der Waals surface area (Å²) in [5.41, 5.74) is 7.64. The van der Waals surface area contributed by atoms with Gasteiger partial charge in [0.25, 0.3) is 0 Å². The van der Waals surface area contributed by atoms with E-state index in [0.29, 0.717) is 42.6 Å². The SMILES string of the molecule is CCC[C@@H](CC(=O)N1C/C(=N/OCC)N(C)CC(Cc2cc(Cl)ccc2OC)C1=O)c1ccc(C(=O)O)c(N)c1. The van der Waals surface area contributed by atoms with Gasteiger partial charge in [0.1, 0.15) is 12.4 Å². The molecule has 1 unspecified atom stereocenters. The number of oxime groups is 1. The second-order valence-electron chi connectivity index (χ2n) is 9.82. The molecule has 0 aliphatic carbocycles. The highest BCUT2D eigenvalue weighted by molar-refractivity contribution is 6.30. The Morgan fingerprint density at radius 2 is 1.98 bits per heavy atom. The maximum absolute atomic E-state index is 13.9. The number of carboxylic acid groups (broad SMARTS) is 1. The summed E-state index contributed by atoms with van der Waals surface area (Å²) >= 11 is 6.24. The van der Waals surface area contributed by atoms with Crippen LogP contribution in [-0.4, -0.2) is 72.4 Å². The highest BCUT2D eigenvalue weighted by atomic mass is 35.5. The van der Waals surface area contributed by atoms with E-state index in [0.717, 1.165) is 17.5 Å². The first-order valence-corrected chi connectivity index (χ1v) is 13.7. The Morgan fingerprint density at radius 3 is 2.60 bits per heavy atom. The lowest BCUT2D eigenvalue weighted by Gasteiger charge is -2.25. The Labute approximate surface area is 239 Å². The van der Waals surface area contributed by atoms with Crippen molar-refractivity contribution in [1.82, 2.24) is 9.80 Å². The van der Waals surface area contributed by atoms with Crippen LogP contribution in [0.5, 0.6) is 5.75 Å². The number of likely N-dealkylation sites (N-methyl/N-ethyl adjacent to an activating group) is 1. The number of rotatable bonds is 11. The zero-order valence-electron chi connectivity index (χ0n) is 23.4. The highest BCUT2D eigenvalue weighted by Crippen LogP contribution is 2.31. The summed E-state index contributed by atoms with van der Waals surface area (Å²) in [5.74, 6) is -1.55. The number of carbonyl (C=O) groups is 3. The Bertz CT molecular complexity index is 1270. The molecule has 1 saturated heterocycles. The zero-order valence-corrected chi connectivity index (χ0v) is 24.1. The molecule has 1 fully saturated rings. The number of aromatic carboxylic acids is 1. The Balaban J connectivity index is 1.94. The number of hydrogen-bond acceptors (Lipinski definition) is 7. The van der Waals surface area contributed by atoms with Crippen molar-refractivity contribution in [2.75, 3.05) is 39.6 Å². The number of methoxy groups -OCH3 is 1. The van der Waals surface area contributed by atoms with Crippen LogP contribution in [0.15, 0.2) is 41.6 Å². The molecule has 0 saturated carbocycles. The summed E-state index contributed by atoms with van der Waals surface area (Å²) in [6.07, 6.45) is 1.79. The summed E-state index contributed by atoms with van der Waals surface area (Å²) in [5, 5.41) is 14.0. The third-order valence-corrected chi connectivity index (χ3v) is 7.23. The van der Waals surface area contributed by atoms with Gasteiger partial charge in [0.05, 0.1) is 25.1 Å². The van der Waals surface area contributed by atoms with E-state index in [1.54, 1.807) is 44.4 Å². The van der Waals surface area contributed by atoms with E-state index in [-0.39, 0.29) is 41.9 Å². The van der Waals surface area contributed by atoms with Gasteiger partial charge in [-0.1, -0.05) is 36.2 Å². The van der Waals surface area contributed by atoms with Crippen LogP contribution in [0.1, 0.15) is 60.5 Å². The van der Waals surface area contributed by atoms with E-state index in [9.17, 15) is 19.5 Å². The number of imide groups is 1. The molecule has 10 nitrogen and oxygen atoms in total. The smallest absolute Gasteiger partial charge is 0.337 e. The number of hydrogen-bond donors (Lipinski definition) is 2. The number of nitrogens with zero attached hydrogens (tertiary/aromatic N) is 3. The normalized spacial score (nSPS) is 17.5. The van der Waals surface area contributed by atoms with Crippen LogP contribution in [-0.2, 0) is 20.8 Å². The van der Waals surface area contributed by atoms with Crippen LogP contribution >= 0.6 is 11.6 Å². The van der Waals surface area contributed by atoms with Crippen molar-refractivity contribution in [3.05, 3.63) is 58.1 Å². The predicted molar refractivity (Wildman–Crippen MR) is 154 cm³/mol. The van der Waals surface area contributed by atoms with E-state index in [1.165, 1.54) is 11.0 Å². The van der Waals surface area contributed by atoms with Crippen molar-refractivity contribution in [1.29, 1.82) is 0 Å². The maximum atomic E-state index is 13.9. The van der Waals surface area contributed by atoms with E-state index in [1.807, 2.05) is 18.9 Å². The molecular formula is C29H37ClN4O6. The fraction of sp³-hybridized carbons (Fsp3) is 0.448. The largest absolute Gasteiger partial charge is 0.496 e. The van der Waals surface area contributed by atoms with Gasteiger partial charge in [-0.15, -0.1) is 0 Å². The van der Waals surface area contributed by atoms with Gasteiger partial charge in [-0.3, -0.25) is 14.5 Å². The Kier molecular flexibility index (Phi) is 10.8. The number of nitrogens with two attached hydrogens (primary N) is 1. The van der Waals surface area contributed by atoms with Gasteiger partial charge < -0.3 is 25.3 Å². The summed E-state index contributed by atoms with van der Waals surface area (Å²) in [7, 11) is 3.37. The van der Waals surface area contributed by atoms with E-state index in [4.69, 9.17) is 26.9 Å². The van der Waals surface area contributed by atoms with Gasteiger partial charge in [0, 0.05) is 30.7 Å². The van der Waals surface area contributed by atoms with Crippen LogP contribution in [0.4, 0.5) is 5.69 Å². The van der Waals surface area contributed by atoms with Gasteiger partial charge in [-0.05, 0) is 67.1 Å². The number of halogens is 1. The van der Waals surface area contributed by atoms with Gasteiger partial charge in [-0.2, -0.15) is 0 Å². The first kappa shape index (κ1) is 30.7. The lowest BCUT2D eigenvalue weighted by atomic mass is 9.89. The molecule has 0 bridgehead atoms. The third kappa shape index (κ3) is 7.44. The van der Waals surface area contributed by atoms with Gasteiger partial charge in [0.2, 0.25) is 11.8 Å². The van der Waals surface area contributed by atoms with Crippen molar-refractivity contribution in [2.24, 2.45) is 11.1 Å². The molecule has 40 heavy (non-hydrogen) atoms. The van der Waals surface area contributed by atoms with Crippen LogP contribution in [0.2, 0.25) is 5.02 Å². The number of amides is 2. The van der Waals surface area contributed by atoms with E-state index in [2.05, 4.69) is 5.16 Å². The molecule has 1 aliphatic heterocycles. The molecule has 1 heterocycles. The minimum absolute atomic E-state index is 0.00659. The fourth-order valence-corrected chi connectivity index (χ4v) is 5.13. The number of ether oxygens (including phenoxy) is 1. The van der Waals surface area contributed by atoms with Gasteiger partial charge in [0.15, 0.2) is 5.84 Å². The number of nitrogen functional groups attached to an aromatic ring is 1. The molecule has 0 radical (unpaired) electrons. The van der Waals surface area contributed by atoms with Crippen molar-refractivity contribution < 1.29 is 29.1 Å². The lowest BCUT2D eigenvalue weighted by Crippen LogP contribution is -2.43. The molecular weight excluding hydrogens is 536 g/mol. The van der Waals surface area contributed by atoms with Crippen LogP contribution in [0.25, 0.3) is 0 Å². The molecule has 0 aromatic heterocycles. The molecule has 3 rings (SSSR count). The number of amidine groups is 1. The first-order valence-electron chi connectivity index (χ1n) is 13.3. The van der Waals surface area contributed by atoms with E-state index >= 15 is 0 Å². The highest BCUT2D eigenvalue weighted by Gasteiger charge is 2.37. The van der Waals surface area contributed by atoms with Gasteiger partial charge >= 0.3 is 5.97 Å². The average Bonchev–Trinajstić information content (AvgIpc) is 3.02. The Morgan fingerprint density at radius 1 is 1.23 bits per heavy atom. The average molecular weight is 573 g/mol. The quantitative estimate of drug-likeness (QED) is 0.298. The maximum Gasteiger partial charge on any atom is 0.337 e. The number of anilines is 1. The fourth-order valence-electron chi connectivity index (χ4n) is 4.93. The summed E-state index contributed by atoms with van der Waals surface area (Å²) in [4.78, 5) is 47.5. The minimum Gasteiger partial charge on any atom is -0.496 e. The predicted octanol–water partition coefficient (Wildman–Crippen LogP) is 4.41. The Hall–Kier alpha value is -3.79. The topological polar surface area (TPSA) is 135 Å². The minimum atomic E-state index is -1.12. The lowest BCUT2D eigenvalue weighted by molar-refractivity contribution is -0.146. The third-order valence-electron chi connectivity index (χ3n) is 6.99. The molecule has 11 heteroatoms. The van der Waals surface area contributed by atoms with Gasteiger partial charge in [-0.25, -0.2) is 4.79 Å².